The van der Waals surface area contributed by atoms with Gasteiger partial charge in [-0.25, -0.2) is 0 Å². The Labute approximate surface area is 153 Å². The number of piperazine rings is 1. The van der Waals surface area contributed by atoms with E-state index in [2.05, 4.69) is 5.32 Å². The molecule has 0 saturated carbocycles. The minimum Gasteiger partial charge on any atom is -0.494 e. The standard InChI is InChI=1S/C19H26N2O5/c1-3-11-25-15-7-5-14(6-8-15)19(24)21-10-9-20-18(23)16(21)13-17(22)26-12-4-2/h5-8,16H,3-4,9-13H2,1-2H3,(H,20,23). The largest absolute Gasteiger partial charge is 0.494 e. The van der Waals surface area contributed by atoms with E-state index in [9.17, 15) is 14.4 Å². The van der Waals surface area contributed by atoms with Crippen molar-refractivity contribution in [3.8, 4) is 5.75 Å². The zero-order chi connectivity index (χ0) is 18.9. The van der Waals surface area contributed by atoms with Crippen LogP contribution in [0.3, 0.4) is 0 Å². The third kappa shape index (κ3) is 5.21. The molecule has 1 unspecified atom stereocenters. The number of esters is 1. The van der Waals surface area contributed by atoms with Crippen molar-refractivity contribution in [1.82, 2.24) is 10.2 Å². The molecule has 1 N–H and O–H groups in total. The molecule has 1 heterocycles. The fraction of sp³-hybridized carbons (Fsp3) is 0.526. The zero-order valence-electron chi connectivity index (χ0n) is 15.3. The maximum Gasteiger partial charge on any atom is 0.308 e. The summed E-state index contributed by atoms with van der Waals surface area (Å²) >= 11 is 0. The van der Waals surface area contributed by atoms with E-state index < -0.39 is 12.0 Å². The number of ether oxygens (including phenoxy) is 2. The molecule has 2 rings (SSSR count). The minimum atomic E-state index is -0.850. The van der Waals surface area contributed by atoms with Gasteiger partial charge < -0.3 is 19.7 Å². The molecule has 1 aliphatic rings. The molecule has 0 bridgehead atoms. The van der Waals surface area contributed by atoms with E-state index in [-0.39, 0.29) is 18.2 Å². The Morgan fingerprint density at radius 1 is 1.15 bits per heavy atom. The normalized spacial score (nSPS) is 16.8. The third-order valence-electron chi connectivity index (χ3n) is 3.99. The second-order valence-corrected chi connectivity index (χ2v) is 6.10. The number of hydrogen-bond acceptors (Lipinski definition) is 5. The average Bonchev–Trinajstić information content (AvgIpc) is 2.66. The predicted octanol–water partition coefficient (Wildman–Crippen LogP) is 1.76. The monoisotopic (exact) mass is 362 g/mol. The highest BCUT2D eigenvalue weighted by molar-refractivity contribution is 5.99. The predicted molar refractivity (Wildman–Crippen MR) is 95.9 cm³/mol. The van der Waals surface area contributed by atoms with Crippen LogP contribution in [-0.2, 0) is 14.3 Å². The Kier molecular flexibility index (Phi) is 7.44. The maximum atomic E-state index is 12.8. The van der Waals surface area contributed by atoms with Crippen LogP contribution in [0.5, 0.6) is 5.75 Å². The minimum absolute atomic E-state index is 0.144. The summed E-state index contributed by atoms with van der Waals surface area (Å²) in [5.41, 5.74) is 0.454. The van der Waals surface area contributed by atoms with Gasteiger partial charge in [0.1, 0.15) is 11.8 Å². The van der Waals surface area contributed by atoms with Crippen LogP contribution in [-0.4, -0.2) is 55.0 Å². The van der Waals surface area contributed by atoms with Crippen LogP contribution in [0, 0.1) is 0 Å². The summed E-state index contributed by atoms with van der Waals surface area (Å²) in [6.45, 7) is 5.55. The van der Waals surface area contributed by atoms with Gasteiger partial charge in [-0.3, -0.25) is 14.4 Å². The SMILES string of the molecule is CCCOC(=O)CC1C(=O)NCCN1C(=O)c1ccc(OCCC)cc1. The van der Waals surface area contributed by atoms with Crippen molar-refractivity contribution in [3.05, 3.63) is 29.8 Å². The van der Waals surface area contributed by atoms with Crippen molar-refractivity contribution < 1.29 is 23.9 Å². The van der Waals surface area contributed by atoms with Crippen molar-refractivity contribution in [3.63, 3.8) is 0 Å². The molecule has 0 aliphatic carbocycles. The van der Waals surface area contributed by atoms with E-state index in [0.717, 1.165) is 6.42 Å². The van der Waals surface area contributed by atoms with E-state index in [0.29, 0.717) is 44.0 Å². The van der Waals surface area contributed by atoms with Gasteiger partial charge in [-0.05, 0) is 37.1 Å². The van der Waals surface area contributed by atoms with Crippen molar-refractivity contribution in [2.24, 2.45) is 0 Å². The van der Waals surface area contributed by atoms with Crippen molar-refractivity contribution in [2.45, 2.75) is 39.2 Å². The van der Waals surface area contributed by atoms with Gasteiger partial charge in [0.15, 0.2) is 0 Å². The highest BCUT2D eigenvalue weighted by Gasteiger charge is 2.35. The number of nitrogens with one attached hydrogen (secondary N) is 1. The van der Waals surface area contributed by atoms with Gasteiger partial charge in [0.25, 0.3) is 5.91 Å². The number of nitrogens with zero attached hydrogens (tertiary/aromatic N) is 1. The molecule has 0 radical (unpaired) electrons. The summed E-state index contributed by atoms with van der Waals surface area (Å²) in [5.74, 6) is -0.398. The van der Waals surface area contributed by atoms with E-state index in [1.807, 2.05) is 13.8 Å². The molecule has 1 aliphatic heterocycles. The van der Waals surface area contributed by atoms with Crippen molar-refractivity contribution in [1.29, 1.82) is 0 Å². The number of carbonyl (C=O) groups excluding carboxylic acids is 3. The first-order valence-electron chi connectivity index (χ1n) is 9.04. The van der Waals surface area contributed by atoms with Crippen molar-refractivity contribution in [2.75, 3.05) is 26.3 Å². The van der Waals surface area contributed by atoms with Crippen LogP contribution >= 0.6 is 0 Å². The van der Waals surface area contributed by atoms with Gasteiger partial charge in [0.05, 0.1) is 19.6 Å². The molecular formula is C19H26N2O5. The molecule has 2 amide bonds. The fourth-order valence-corrected chi connectivity index (χ4v) is 2.67. The lowest BCUT2D eigenvalue weighted by molar-refractivity contribution is -0.147. The number of hydrogen-bond donors (Lipinski definition) is 1. The molecular weight excluding hydrogens is 336 g/mol. The lowest BCUT2D eigenvalue weighted by atomic mass is 10.1. The summed E-state index contributed by atoms with van der Waals surface area (Å²) in [5, 5.41) is 2.70. The van der Waals surface area contributed by atoms with E-state index in [1.165, 1.54) is 4.90 Å². The molecule has 1 fully saturated rings. The third-order valence-corrected chi connectivity index (χ3v) is 3.99. The smallest absolute Gasteiger partial charge is 0.308 e. The second kappa shape index (κ2) is 9.79. The quantitative estimate of drug-likeness (QED) is 0.712. The van der Waals surface area contributed by atoms with E-state index >= 15 is 0 Å². The Hall–Kier alpha value is -2.57. The van der Waals surface area contributed by atoms with Gasteiger partial charge in [0, 0.05) is 18.7 Å². The zero-order valence-corrected chi connectivity index (χ0v) is 15.3. The molecule has 0 aromatic heterocycles. The van der Waals surface area contributed by atoms with Gasteiger partial charge in [-0.2, -0.15) is 0 Å². The van der Waals surface area contributed by atoms with Crippen LogP contribution in [0.1, 0.15) is 43.5 Å². The first-order chi connectivity index (χ1) is 12.6. The van der Waals surface area contributed by atoms with E-state index in [4.69, 9.17) is 9.47 Å². The van der Waals surface area contributed by atoms with Gasteiger partial charge >= 0.3 is 5.97 Å². The Bertz CT molecular complexity index is 629. The van der Waals surface area contributed by atoms with Crippen LogP contribution in [0.4, 0.5) is 0 Å². The summed E-state index contributed by atoms with van der Waals surface area (Å²) in [6.07, 6.45) is 1.46. The summed E-state index contributed by atoms with van der Waals surface area (Å²) < 4.78 is 10.6. The fourth-order valence-electron chi connectivity index (χ4n) is 2.67. The maximum absolute atomic E-state index is 12.8. The highest BCUT2D eigenvalue weighted by atomic mass is 16.5. The van der Waals surface area contributed by atoms with Crippen LogP contribution < -0.4 is 10.1 Å². The van der Waals surface area contributed by atoms with Crippen molar-refractivity contribution >= 4 is 17.8 Å². The van der Waals surface area contributed by atoms with Crippen LogP contribution in [0.25, 0.3) is 0 Å². The molecule has 1 aromatic rings. The van der Waals surface area contributed by atoms with Crippen LogP contribution in [0.2, 0.25) is 0 Å². The van der Waals surface area contributed by atoms with Gasteiger partial charge in [0.2, 0.25) is 5.91 Å². The second-order valence-electron chi connectivity index (χ2n) is 6.10. The molecule has 1 saturated heterocycles. The number of amides is 2. The topological polar surface area (TPSA) is 84.9 Å². The molecule has 7 nitrogen and oxygen atoms in total. The molecule has 142 valence electrons. The average molecular weight is 362 g/mol. The first-order valence-corrected chi connectivity index (χ1v) is 9.04. The molecule has 0 spiro atoms. The number of rotatable bonds is 8. The Balaban J connectivity index is 2.08. The molecule has 26 heavy (non-hydrogen) atoms. The molecule has 7 heteroatoms. The van der Waals surface area contributed by atoms with Gasteiger partial charge in [-0.15, -0.1) is 0 Å². The first kappa shape index (κ1) is 19.8. The summed E-state index contributed by atoms with van der Waals surface area (Å²) in [6, 6.07) is 5.96. The van der Waals surface area contributed by atoms with Gasteiger partial charge in [-0.1, -0.05) is 13.8 Å². The lowest BCUT2D eigenvalue weighted by Crippen LogP contribution is -2.57. The molecule has 1 atom stereocenters. The number of carbonyl (C=O) groups is 3. The Morgan fingerprint density at radius 3 is 2.50 bits per heavy atom. The van der Waals surface area contributed by atoms with E-state index in [1.54, 1.807) is 24.3 Å². The Morgan fingerprint density at radius 2 is 1.85 bits per heavy atom. The van der Waals surface area contributed by atoms with Crippen LogP contribution in [0.15, 0.2) is 24.3 Å². The summed E-state index contributed by atoms with van der Waals surface area (Å²) in [4.78, 5) is 38.4. The summed E-state index contributed by atoms with van der Waals surface area (Å²) in [7, 11) is 0. The number of benzene rings is 1. The highest BCUT2D eigenvalue weighted by Crippen LogP contribution is 2.18. The molecule has 1 aromatic carbocycles. The lowest BCUT2D eigenvalue weighted by Gasteiger charge is -2.34.